The molecule has 0 radical (unpaired) electrons. The molecule has 1 aromatic carbocycles. The van der Waals surface area contributed by atoms with Crippen LogP contribution in [0.1, 0.15) is 18.4 Å². The Morgan fingerprint density at radius 1 is 1.33 bits per heavy atom. The van der Waals surface area contributed by atoms with Crippen LogP contribution in [0.15, 0.2) is 12.1 Å². The molecule has 0 atom stereocenters. The third-order valence-electron chi connectivity index (χ3n) is 3.93. The fourth-order valence-corrected chi connectivity index (χ4v) is 2.81. The van der Waals surface area contributed by atoms with Gasteiger partial charge >= 0.3 is 0 Å². The van der Waals surface area contributed by atoms with E-state index in [2.05, 4.69) is 30.8 Å². The largest absolute Gasteiger partial charge is 0.398 e. The van der Waals surface area contributed by atoms with Crippen molar-refractivity contribution in [3.05, 3.63) is 22.7 Å². The number of rotatable bonds is 2. The zero-order valence-electron chi connectivity index (χ0n) is 11.4. The standard InChI is InChI=1S/C14H22ClN3/c1-10-8-13(16)12(15)9-14(10)18(3)11-4-6-17(2)7-5-11/h8-9,11H,4-7,16H2,1-3H3. The molecule has 0 unspecified atom stereocenters. The summed E-state index contributed by atoms with van der Waals surface area (Å²) in [5.41, 5.74) is 8.88. The van der Waals surface area contributed by atoms with Gasteiger partial charge < -0.3 is 15.5 Å². The van der Waals surface area contributed by atoms with Gasteiger partial charge in [0.05, 0.1) is 10.7 Å². The molecule has 18 heavy (non-hydrogen) atoms. The van der Waals surface area contributed by atoms with E-state index in [4.69, 9.17) is 17.3 Å². The maximum atomic E-state index is 6.13. The van der Waals surface area contributed by atoms with Gasteiger partial charge in [0.2, 0.25) is 0 Å². The van der Waals surface area contributed by atoms with E-state index in [0.717, 1.165) is 13.1 Å². The van der Waals surface area contributed by atoms with Crippen LogP contribution >= 0.6 is 11.6 Å². The van der Waals surface area contributed by atoms with E-state index in [-0.39, 0.29) is 0 Å². The SMILES string of the molecule is Cc1cc(N)c(Cl)cc1N(C)C1CCN(C)CC1. The van der Waals surface area contributed by atoms with Gasteiger partial charge in [0, 0.05) is 18.8 Å². The number of nitrogens with zero attached hydrogens (tertiary/aromatic N) is 2. The second kappa shape index (κ2) is 5.37. The number of halogens is 1. The summed E-state index contributed by atoms with van der Waals surface area (Å²) in [4.78, 5) is 4.74. The van der Waals surface area contributed by atoms with E-state index < -0.39 is 0 Å². The maximum absolute atomic E-state index is 6.13. The van der Waals surface area contributed by atoms with Gasteiger partial charge in [0.1, 0.15) is 0 Å². The van der Waals surface area contributed by atoms with Crippen molar-refractivity contribution in [1.82, 2.24) is 4.90 Å². The minimum absolute atomic E-state index is 0.597. The molecular formula is C14H22ClN3. The number of anilines is 2. The highest BCUT2D eigenvalue weighted by atomic mass is 35.5. The van der Waals surface area contributed by atoms with E-state index in [1.165, 1.54) is 24.1 Å². The molecule has 100 valence electrons. The van der Waals surface area contributed by atoms with Crippen molar-refractivity contribution >= 4 is 23.0 Å². The fourth-order valence-electron chi connectivity index (χ4n) is 2.65. The minimum atomic E-state index is 0.597. The summed E-state index contributed by atoms with van der Waals surface area (Å²) in [6.45, 7) is 4.42. The normalized spacial score (nSPS) is 18.0. The van der Waals surface area contributed by atoms with Crippen LogP contribution in [0, 0.1) is 6.92 Å². The first-order chi connectivity index (χ1) is 8.49. The molecule has 4 heteroatoms. The molecule has 0 aliphatic carbocycles. The predicted octanol–water partition coefficient (Wildman–Crippen LogP) is 2.76. The van der Waals surface area contributed by atoms with E-state index in [1.807, 2.05) is 12.1 Å². The Labute approximate surface area is 115 Å². The summed E-state index contributed by atoms with van der Waals surface area (Å²) < 4.78 is 0. The molecule has 1 aliphatic rings. The second-order valence-corrected chi connectivity index (χ2v) is 5.71. The number of piperidine rings is 1. The topological polar surface area (TPSA) is 32.5 Å². The highest BCUT2D eigenvalue weighted by molar-refractivity contribution is 6.33. The van der Waals surface area contributed by atoms with Gasteiger partial charge in [-0.2, -0.15) is 0 Å². The summed E-state index contributed by atoms with van der Waals surface area (Å²) in [5, 5.41) is 0.648. The summed E-state index contributed by atoms with van der Waals surface area (Å²) in [6, 6.07) is 4.55. The fraction of sp³-hybridized carbons (Fsp3) is 0.571. The van der Waals surface area contributed by atoms with Crippen LogP contribution in [0.5, 0.6) is 0 Å². The monoisotopic (exact) mass is 267 g/mol. The Morgan fingerprint density at radius 2 is 1.94 bits per heavy atom. The third-order valence-corrected chi connectivity index (χ3v) is 4.26. The highest BCUT2D eigenvalue weighted by Crippen LogP contribution is 2.31. The van der Waals surface area contributed by atoms with Crippen molar-refractivity contribution in [2.75, 3.05) is 37.8 Å². The molecular weight excluding hydrogens is 246 g/mol. The number of hydrogen-bond donors (Lipinski definition) is 1. The molecule has 0 spiro atoms. The number of aryl methyl sites for hydroxylation is 1. The second-order valence-electron chi connectivity index (χ2n) is 5.31. The average molecular weight is 268 g/mol. The Kier molecular flexibility index (Phi) is 4.03. The lowest BCUT2D eigenvalue weighted by Crippen LogP contribution is -2.42. The van der Waals surface area contributed by atoms with Gasteiger partial charge in [-0.3, -0.25) is 0 Å². The molecule has 0 amide bonds. The number of nitrogens with two attached hydrogens (primary N) is 1. The quantitative estimate of drug-likeness (QED) is 0.837. The Bertz CT molecular complexity index is 425. The summed E-state index contributed by atoms with van der Waals surface area (Å²) in [5.74, 6) is 0. The lowest BCUT2D eigenvalue weighted by molar-refractivity contribution is 0.253. The first kappa shape index (κ1) is 13.5. The zero-order valence-corrected chi connectivity index (χ0v) is 12.2. The van der Waals surface area contributed by atoms with Crippen molar-refractivity contribution in [3.63, 3.8) is 0 Å². The van der Waals surface area contributed by atoms with Crippen LogP contribution < -0.4 is 10.6 Å². The number of nitrogen functional groups attached to an aromatic ring is 1. The van der Waals surface area contributed by atoms with E-state index in [0.29, 0.717) is 16.8 Å². The molecule has 1 heterocycles. The van der Waals surface area contributed by atoms with Crippen molar-refractivity contribution in [3.8, 4) is 0 Å². The third kappa shape index (κ3) is 2.73. The molecule has 1 fully saturated rings. The van der Waals surface area contributed by atoms with Crippen LogP contribution in [0.4, 0.5) is 11.4 Å². The first-order valence-electron chi connectivity index (χ1n) is 6.46. The van der Waals surface area contributed by atoms with Crippen LogP contribution in [0.25, 0.3) is 0 Å². The number of likely N-dealkylation sites (tertiary alicyclic amines) is 1. The van der Waals surface area contributed by atoms with Gasteiger partial charge in [-0.05, 0) is 57.6 Å². The first-order valence-corrected chi connectivity index (χ1v) is 6.84. The molecule has 0 bridgehead atoms. The van der Waals surface area contributed by atoms with Gasteiger partial charge in [-0.25, -0.2) is 0 Å². The number of benzene rings is 1. The van der Waals surface area contributed by atoms with E-state index >= 15 is 0 Å². The van der Waals surface area contributed by atoms with Crippen molar-refractivity contribution in [2.24, 2.45) is 0 Å². The van der Waals surface area contributed by atoms with Gasteiger partial charge in [0.25, 0.3) is 0 Å². The molecule has 0 aromatic heterocycles. The van der Waals surface area contributed by atoms with Crippen molar-refractivity contribution in [2.45, 2.75) is 25.8 Å². The molecule has 2 rings (SSSR count). The van der Waals surface area contributed by atoms with Gasteiger partial charge in [-0.1, -0.05) is 11.6 Å². The Hall–Kier alpha value is -0.930. The predicted molar refractivity (Wildman–Crippen MR) is 79.5 cm³/mol. The molecule has 3 nitrogen and oxygen atoms in total. The van der Waals surface area contributed by atoms with E-state index in [9.17, 15) is 0 Å². The Balaban J connectivity index is 2.18. The smallest absolute Gasteiger partial charge is 0.0656 e. The molecule has 1 saturated heterocycles. The van der Waals surface area contributed by atoms with Crippen molar-refractivity contribution in [1.29, 1.82) is 0 Å². The highest BCUT2D eigenvalue weighted by Gasteiger charge is 2.22. The lowest BCUT2D eigenvalue weighted by Gasteiger charge is -2.37. The number of hydrogen-bond acceptors (Lipinski definition) is 3. The lowest BCUT2D eigenvalue weighted by atomic mass is 10.0. The van der Waals surface area contributed by atoms with Crippen LogP contribution in [-0.2, 0) is 0 Å². The zero-order chi connectivity index (χ0) is 13.3. The summed E-state index contributed by atoms with van der Waals surface area (Å²) in [6.07, 6.45) is 2.41. The van der Waals surface area contributed by atoms with E-state index in [1.54, 1.807) is 0 Å². The summed E-state index contributed by atoms with van der Waals surface area (Å²) >= 11 is 6.13. The van der Waals surface area contributed by atoms with Crippen LogP contribution in [0.3, 0.4) is 0 Å². The van der Waals surface area contributed by atoms with Gasteiger partial charge in [-0.15, -0.1) is 0 Å². The Morgan fingerprint density at radius 3 is 2.56 bits per heavy atom. The molecule has 1 aromatic rings. The molecule has 0 saturated carbocycles. The summed E-state index contributed by atoms with van der Waals surface area (Å²) in [7, 11) is 4.34. The minimum Gasteiger partial charge on any atom is -0.398 e. The van der Waals surface area contributed by atoms with Gasteiger partial charge in [0.15, 0.2) is 0 Å². The molecule has 1 aliphatic heterocycles. The average Bonchev–Trinajstić information content (AvgIpc) is 2.34. The maximum Gasteiger partial charge on any atom is 0.0656 e. The van der Waals surface area contributed by atoms with Crippen LogP contribution in [0.2, 0.25) is 5.02 Å². The van der Waals surface area contributed by atoms with Crippen molar-refractivity contribution < 1.29 is 0 Å². The van der Waals surface area contributed by atoms with Crippen LogP contribution in [-0.4, -0.2) is 38.1 Å². The molecule has 2 N–H and O–H groups in total.